The normalized spacial score (nSPS) is 18.5. The smallest absolute Gasteiger partial charge is 0.197 e. The summed E-state index contributed by atoms with van der Waals surface area (Å²) in [6.45, 7) is 8.00. The lowest BCUT2D eigenvalue weighted by molar-refractivity contribution is 0.164. The quantitative estimate of drug-likeness (QED) is 0.928. The van der Waals surface area contributed by atoms with Gasteiger partial charge >= 0.3 is 0 Å². The molecule has 2 aliphatic rings. The van der Waals surface area contributed by atoms with Crippen molar-refractivity contribution in [3.8, 4) is 11.5 Å². The minimum Gasteiger partial charge on any atom is -0.486 e. The monoisotopic (exact) mass is 310 g/mol. The zero-order valence-electron chi connectivity index (χ0n) is 13.6. The van der Waals surface area contributed by atoms with Gasteiger partial charge in [0.05, 0.1) is 0 Å². The number of fused-ring (bicyclic) bond motifs is 1. The topological polar surface area (TPSA) is 47.7 Å². The fourth-order valence-corrected chi connectivity index (χ4v) is 2.95. The summed E-state index contributed by atoms with van der Waals surface area (Å²) in [4.78, 5) is 2.37. The number of rotatable bonds is 4. The molecule has 0 bridgehead atoms. The van der Waals surface area contributed by atoms with E-state index >= 15 is 0 Å². The molecule has 1 saturated heterocycles. The molecule has 3 rings (SSSR count). The third kappa shape index (κ3) is 4.34. The molecule has 0 amide bonds. The van der Waals surface area contributed by atoms with Gasteiger partial charge in [-0.3, -0.25) is 0 Å². The molecule has 1 atom stereocenters. The first-order valence-electron chi connectivity index (χ1n) is 8.28. The van der Waals surface area contributed by atoms with Gasteiger partial charge in [-0.1, -0.05) is 13.8 Å². The van der Waals surface area contributed by atoms with E-state index in [0.717, 1.165) is 25.2 Å². The molecule has 1 aromatic rings. The largest absolute Gasteiger partial charge is 0.486 e. The number of ether oxygens (including phenoxy) is 2. The molecule has 2 N–H and O–H groups in total. The first kappa shape index (κ1) is 17.0. The summed E-state index contributed by atoms with van der Waals surface area (Å²) in [7, 11) is 0. The molecule has 0 aromatic heterocycles. The van der Waals surface area contributed by atoms with E-state index in [-0.39, 0.29) is 17.6 Å². The average molecular weight is 310 g/mol. The average Bonchev–Trinajstić information content (AvgIpc) is 3.02. The van der Waals surface area contributed by atoms with Gasteiger partial charge in [-0.2, -0.15) is 0 Å². The van der Waals surface area contributed by atoms with Crippen LogP contribution in [0.5, 0.6) is 11.5 Å². The Labute approximate surface area is 132 Å². The Morgan fingerprint density at radius 1 is 1.18 bits per heavy atom. The maximum atomic E-state index is 13.9. The van der Waals surface area contributed by atoms with E-state index in [4.69, 9.17) is 15.2 Å². The van der Waals surface area contributed by atoms with Gasteiger partial charge in [-0.05, 0) is 50.0 Å². The highest BCUT2D eigenvalue weighted by atomic mass is 19.1. The van der Waals surface area contributed by atoms with Gasteiger partial charge < -0.3 is 20.1 Å². The predicted octanol–water partition coefficient (Wildman–Crippen LogP) is 2.59. The van der Waals surface area contributed by atoms with Crippen LogP contribution in [0.15, 0.2) is 12.1 Å². The summed E-state index contributed by atoms with van der Waals surface area (Å²) in [6, 6.07) is 3.38. The Balaban J connectivity index is 0.000000847. The highest BCUT2D eigenvalue weighted by Crippen LogP contribution is 2.34. The summed E-state index contributed by atoms with van der Waals surface area (Å²) in [5.41, 5.74) is 7.05. The summed E-state index contributed by atoms with van der Waals surface area (Å²) in [6.07, 6.45) is 3.17. The van der Waals surface area contributed by atoms with Crippen LogP contribution in [0.3, 0.4) is 0 Å². The van der Waals surface area contributed by atoms with E-state index in [0.29, 0.717) is 25.4 Å². The van der Waals surface area contributed by atoms with Crippen LogP contribution in [0, 0.1) is 5.82 Å². The lowest BCUT2D eigenvalue weighted by atomic mass is 10.0. The van der Waals surface area contributed by atoms with Crippen molar-refractivity contribution in [1.29, 1.82) is 0 Å². The minimum absolute atomic E-state index is 0.0232. The predicted molar refractivity (Wildman–Crippen MR) is 86.1 cm³/mol. The van der Waals surface area contributed by atoms with Crippen LogP contribution < -0.4 is 15.2 Å². The van der Waals surface area contributed by atoms with Crippen molar-refractivity contribution in [2.45, 2.75) is 39.2 Å². The fourth-order valence-electron chi connectivity index (χ4n) is 2.95. The second-order valence-corrected chi connectivity index (χ2v) is 5.57. The molecule has 22 heavy (non-hydrogen) atoms. The third-order valence-corrected chi connectivity index (χ3v) is 3.85. The van der Waals surface area contributed by atoms with Crippen LogP contribution in [0.25, 0.3) is 0 Å². The number of hydrogen-bond acceptors (Lipinski definition) is 4. The lowest BCUT2D eigenvalue weighted by Gasteiger charge is -2.22. The number of nitrogens with zero attached hydrogens (tertiary/aromatic N) is 1. The van der Waals surface area contributed by atoms with Crippen LogP contribution >= 0.6 is 0 Å². The number of halogens is 1. The van der Waals surface area contributed by atoms with Gasteiger partial charge in [-0.15, -0.1) is 0 Å². The van der Waals surface area contributed by atoms with Gasteiger partial charge in [0.25, 0.3) is 0 Å². The summed E-state index contributed by atoms with van der Waals surface area (Å²) in [5.74, 6) is 0.373. The number of nitrogens with two attached hydrogens (primary N) is 1. The van der Waals surface area contributed by atoms with E-state index in [2.05, 4.69) is 4.90 Å². The second kappa shape index (κ2) is 8.34. The molecular weight excluding hydrogens is 283 g/mol. The second-order valence-electron chi connectivity index (χ2n) is 5.57. The Morgan fingerprint density at radius 2 is 1.86 bits per heavy atom. The van der Waals surface area contributed by atoms with Crippen LogP contribution in [0.1, 0.15) is 32.3 Å². The Bertz CT molecular complexity index is 476. The molecule has 0 unspecified atom stereocenters. The van der Waals surface area contributed by atoms with E-state index in [9.17, 15) is 4.39 Å². The maximum absolute atomic E-state index is 13.9. The zero-order valence-corrected chi connectivity index (χ0v) is 13.6. The van der Waals surface area contributed by atoms with Crippen LogP contribution in [0.4, 0.5) is 4.39 Å². The van der Waals surface area contributed by atoms with Crippen molar-refractivity contribution in [2.24, 2.45) is 5.73 Å². The highest BCUT2D eigenvalue weighted by Gasteiger charge is 2.20. The van der Waals surface area contributed by atoms with E-state index in [1.807, 2.05) is 19.9 Å². The summed E-state index contributed by atoms with van der Waals surface area (Å²) < 4.78 is 24.7. The molecule has 124 valence electrons. The molecule has 1 aromatic carbocycles. The molecule has 4 nitrogen and oxygen atoms in total. The van der Waals surface area contributed by atoms with E-state index in [1.54, 1.807) is 0 Å². The number of likely N-dealkylation sites (tertiary alicyclic amines) is 1. The van der Waals surface area contributed by atoms with Gasteiger partial charge in [0.15, 0.2) is 17.3 Å². The lowest BCUT2D eigenvalue weighted by Crippen LogP contribution is -2.37. The van der Waals surface area contributed by atoms with Crippen molar-refractivity contribution in [3.05, 3.63) is 23.5 Å². The van der Waals surface area contributed by atoms with Crippen molar-refractivity contribution in [1.82, 2.24) is 4.90 Å². The van der Waals surface area contributed by atoms with Crippen molar-refractivity contribution in [2.75, 3.05) is 32.8 Å². The van der Waals surface area contributed by atoms with Crippen molar-refractivity contribution < 1.29 is 13.9 Å². The maximum Gasteiger partial charge on any atom is 0.197 e. The molecule has 1 fully saturated rings. The first-order chi connectivity index (χ1) is 10.7. The molecule has 0 saturated carbocycles. The first-order valence-corrected chi connectivity index (χ1v) is 8.28. The number of hydrogen-bond donors (Lipinski definition) is 1. The third-order valence-electron chi connectivity index (χ3n) is 3.85. The summed E-state index contributed by atoms with van der Waals surface area (Å²) >= 11 is 0. The molecule has 0 spiro atoms. The van der Waals surface area contributed by atoms with Crippen molar-refractivity contribution in [3.63, 3.8) is 0 Å². The fraction of sp³-hybridized carbons (Fsp3) is 0.647. The Hall–Kier alpha value is -1.33. The standard InChI is InChI=1S/C15H21FN2O2.C2H6/c16-13-8-11(9-14-15(13)20-6-5-19-14)7-12(17)10-18-3-1-2-4-18;1-2/h8-9,12H,1-7,10,17H2;1-2H3/t12-;/m0./s1. The van der Waals surface area contributed by atoms with Crippen LogP contribution in [-0.2, 0) is 6.42 Å². The van der Waals surface area contributed by atoms with Gasteiger partial charge in [0.2, 0.25) is 0 Å². The van der Waals surface area contributed by atoms with Crippen LogP contribution in [-0.4, -0.2) is 43.8 Å². The zero-order chi connectivity index (χ0) is 15.9. The number of benzene rings is 1. The van der Waals surface area contributed by atoms with Gasteiger partial charge in [0, 0.05) is 12.6 Å². The molecular formula is C17H27FN2O2. The SMILES string of the molecule is CC.N[C@@H](Cc1cc(F)c2c(c1)OCCO2)CN1CCCC1. The Kier molecular flexibility index (Phi) is 6.46. The van der Waals surface area contributed by atoms with E-state index in [1.165, 1.54) is 18.9 Å². The van der Waals surface area contributed by atoms with Gasteiger partial charge in [-0.25, -0.2) is 4.39 Å². The van der Waals surface area contributed by atoms with Crippen molar-refractivity contribution >= 4 is 0 Å². The Morgan fingerprint density at radius 3 is 2.59 bits per heavy atom. The van der Waals surface area contributed by atoms with E-state index < -0.39 is 0 Å². The molecule has 0 radical (unpaired) electrons. The molecule has 0 aliphatic carbocycles. The molecule has 5 heteroatoms. The molecule has 2 aliphatic heterocycles. The summed E-state index contributed by atoms with van der Waals surface area (Å²) in [5, 5.41) is 0. The minimum atomic E-state index is -0.356. The van der Waals surface area contributed by atoms with Gasteiger partial charge in [0.1, 0.15) is 13.2 Å². The van der Waals surface area contributed by atoms with Crippen LogP contribution in [0.2, 0.25) is 0 Å². The highest BCUT2D eigenvalue weighted by molar-refractivity contribution is 5.45. The molecule has 2 heterocycles.